The van der Waals surface area contributed by atoms with E-state index in [0.717, 1.165) is 16.7 Å². The highest BCUT2D eigenvalue weighted by Crippen LogP contribution is 2.10. The zero-order chi connectivity index (χ0) is 29.7. The smallest absolute Gasteiger partial charge is 0.294 e. The topological polar surface area (TPSA) is 191 Å². The van der Waals surface area contributed by atoms with Crippen LogP contribution < -0.4 is 0 Å². The Morgan fingerprint density at radius 1 is 0.436 bits per heavy atom. The van der Waals surface area contributed by atoms with Crippen molar-refractivity contribution < 1.29 is 53.1 Å². The second-order valence-electron chi connectivity index (χ2n) is 7.83. The van der Waals surface area contributed by atoms with Crippen LogP contribution in [-0.2, 0) is 44.6 Å². The Morgan fingerprint density at radius 3 is 0.744 bits per heavy atom. The van der Waals surface area contributed by atoms with Gasteiger partial charge in [-0.1, -0.05) is 53.1 Å². The van der Waals surface area contributed by atoms with Crippen molar-refractivity contribution in [1.82, 2.24) is 0 Å². The molecule has 4 rings (SSSR count). The number of aryl methyl sites for hydroxylation is 3. The van der Waals surface area contributed by atoms with Crippen LogP contribution in [0.25, 0.3) is 0 Å². The molecule has 3 N–H and O–H groups in total. The largest absolute Gasteiger partial charge is 0.329 e. The summed E-state index contributed by atoms with van der Waals surface area (Å²) < 4.78 is 103. The van der Waals surface area contributed by atoms with Gasteiger partial charge in [0.05, 0.1) is 14.7 Å². The monoisotopic (exact) mass is 606 g/mol. The van der Waals surface area contributed by atoms with Crippen molar-refractivity contribution >= 4 is 30.4 Å². The van der Waals surface area contributed by atoms with Gasteiger partial charge in [0.2, 0.25) is 0 Å². The summed E-state index contributed by atoms with van der Waals surface area (Å²) in [5.41, 5.74) is 2.87. The van der Waals surface area contributed by atoms with Gasteiger partial charge in [-0.2, -0.15) is 25.3 Å². The third-order valence-electron chi connectivity index (χ3n) is 4.46. The lowest BCUT2D eigenvalue weighted by Gasteiger charge is -2.10. The molecule has 0 atom stereocenters. The Bertz CT molecular complexity index is 1280. The Labute approximate surface area is 228 Å². The van der Waals surface area contributed by atoms with Crippen molar-refractivity contribution in [1.29, 1.82) is 0 Å². The number of benzene rings is 3. The maximum atomic E-state index is 10.5. The van der Waals surface area contributed by atoms with Gasteiger partial charge in [-0.05, 0) is 57.2 Å². The Morgan fingerprint density at radius 2 is 0.615 bits per heavy atom. The van der Waals surface area contributed by atoms with E-state index < -0.39 is 30.4 Å². The average molecular weight is 607 g/mol. The molecule has 39 heavy (non-hydrogen) atoms. The first kappa shape index (κ1) is 34.3. The lowest BCUT2D eigenvalue weighted by molar-refractivity contribution is -0.247. The van der Waals surface area contributed by atoms with E-state index in [1.165, 1.54) is 36.4 Å². The Hall–Kier alpha value is -2.73. The molecule has 12 nitrogen and oxygen atoms in total. The zero-order valence-electron chi connectivity index (χ0n) is 21.3. The summed E-state index contributed by atoms with van der Waals surface area (Å²) in [6.45, 7) is 6.65. The molecule has 1 fully saturated rings. The molecule has 0 aromatic heterocycles. The average Bonchev–Trinajstić information content (AvgIpc) is 2.85. The molecular weight excluding hydrogens is 576 g/mol. The van der Waals surface area contributed by atoms with Crippen LogP contribution in [0.1, 0.15) is 16.7 Å². The van der Waals surface area contributed by atoms with E-state index in [1.54, 1.807) is 36.4 Å². The second-order valence-corrected chi connectivity index (χ2v) is 12.1. The summed E-state index contributed by atoms with van der Waals surface area (Å²) in [6.07, 6.45) is 0. The van der Waals surface area contributed by atoms with Gasteiger partial charge >= 0.3 is 0 Å². The number of ether oxygens (including phenoxy) is 3. The van der Waals surface area contributed by atoms with Gasteiger partial charge in [-0.25, -0.2) is 0 Å². The maximum Gasteiger partial charge on any atom is 0.294 e. The summed E-state index contributed by atoms with van der Waals surface area (Å²) in [7, 11) is -12.1. The highest BCUT2D eigenvalue weighted by Gasteiger charge is 2.08. The summed E-state index contributed by atoms with van der Waals surface area (Å²) in [6, 6.07) is 18.0. The van der Waals surface area contributed by atoms with Crippen LogP contribution in [-0.4, -0.2) is 59.3 Å². The minimum absolute atomic E-state index is 0.0666. The van der Waals surface area contributed by atoms with Crippen molar-refractivity contribution in [3.05, 3.63) is 89.5 Å². The van der Waals surface area contributed by atoms with E-state index in [9.17, 15) is 25.3 Å². The molecule has 0 aliphatic carbocycles. The molecule has 1 saturated heterocycles. The third kappa shape index (κ3) is 14.9. The van der Waals surface area contributed by atoms with Gasteiger partial charge in [-0.3, -0.25) is 13.7 Å². The van der Waals surface area contributed by atoms with Crippen molar-refractivity contribution in [3.8, 4) is 0 Å². The summed E-state index contributed by atoms with van der Waals surface area (Å²) in [5.74, 6) is 0. The highest BCUT2D eigenvalue weighted by molar-refractivity contribution is 7.86. The van der Waals surface area contributed by atoms with Gasteiger partial charge in [0.15, 0.2) is 20.4 Å². The van der Waals surface area contributed by atoms with E-state index in [-0.39, 0.29) is 14.7 Å². The van der Waals surface area contributed by atoms with E-state index >= 15 is 0 Å². The quantitative estimate of drug-likeness (QED) is 0.367. The lowest BCUT2D eigenvalue weighted by atomic mass is 10.2. The van der Waals surface area contributed by atoms with Crippen molar-refractivity contribution in [2.75, 3.05) is 20.4 Å². The van der Waals surface area contributed by atoms with Crippen molar-refractivity contribution in [2.24, 2.45) is 0 Å². The summed E-state index contributed by atoms with van der Waals surface area (Å²) >= 11 is 0. The number of hydrogen-bond donors (Lipinski definition) is 3. The van der Waals surface area contributed by atoms with Crippen LogP contribution in [0.2, 0.25) is 0 Å². The molecule has 3 aromatic rings. The Kier molecular flexibility index (Phi) is 13.9. The van der Waals surface area contributed by atoms with E-state index in [1.807, 2.05) is 20.8 Å². The van der Waals surface area contributed by atoms with Gasteiger partial charge < -0.3 is 14.2 Å². The first-order chi connectivity index (χ1) is 18.0. The van der Waals surface area contributed by atoms with Gasteiger partial charge in [0.25, 0.3) is 30.4 Å². The molecule has 15 heteroatoms. The highest BCUT2D eigenvalue weighted by atomic mass is 32.2. The molecule has 0 amide bonds. The van der Waals surface area contributed by atoms with Crippen molar-refractivity contribution in [2.45, 2.75) is 35.5 Å². The molecule has 0 spiro atoms. The summed E-state index contributed by atoms with van der Waals surface area (Å²) in [4.78, 5) is -0.200. The zero-order valence-corrected chi connectivity index (χ0v) is 23.7. The minimum atomic E-state index is -4.02. The molecule has 0 saturated carbocycles. The maximum absolute atomic E-state index is 10.5. The van der Waals surface area contributed by atoms with Crippen LogP contribution in [0.15, 0.2) is 87.5 Å². The number of hydrogen-bond acceptors (Lipinski definition) is 9. The van der Waals surface area contributed by atoms with Crippen molar-refractivity contribution in [3.63, 3.8) is 0 Å². The van der Waals surface area contributed by atoms with Crippen LogP contribution >= 0.6 is 0 Å². The fourth-order valence-electron chi connectivity index (χ4n) is 2.41. The molecule has 0 radical (unpaired) electrons. The summed E-state index contributed by atoms with van der Waals surface area (Å²) in [5, 5.41) is 0. The van der Waals surface area contributed by atoms with E-state index in [0.29, 0.717) is 20.4 Å². The molecule has 3 aromatic carbocycles. The SMILES string of the molecule is C1OCOCO1.Cc1ccc(S(=O)(=O)O)cc1.Cc1ccc(S(=O)(=O)O)cc1.Cc1ccc(S(=O)(=O)O)cc1. The van der Waals surface area contributed by atoms with Crippen LogP contribution in [0.5, 0.6) is 0 Å². The first-order valence-corrected chi connectivity index (χ1v) is 15.2. The third-order valence-corrected chi connectivity index (χ3v) is 7.06. The van der Waals surface area contributed by atoms with E-state index in [2.05, 4.69) is 14.2 Å². The molecule has 0 bridgehead atoms. The minimum Gasteiger partial charge on any atom is -0.329 e. The lowest BCUT2D eigenvalue weighted by Crippen LogP contribution is -2.14. The van der Waals surface area contributed by atoms with Crippen LogP contribution in [0.3, 0.4) is 0 Å². The second kappa shape index (κ2) is 15.8. The van der Waals surface area contributed by atoms with Gasteiger partial charge in [-0.15, -0.1) is 0 Å². The molecular formula is C24H30O12S3. The number of rotatable bonds is 3. The first-order valence-electron chi connectivity index (χ1n) is 10.9. The van der Waals surface area contributed by atoms with Gasteiger partial charge in [0, 0.05) is 0 Å². The molecule has 216 valence electrons. The fourth-order valence-corrected chi connectivity index (χ4v) is 3.85. The molecule has 1 aliphatic rings. The normalized spacial score (nSPS) is 13.4. The molecule has 0 unspecified atom stereocenters. The predicted octanol–water partition coefficient (Wildman–Crippen LogP) is 3.65. The Balaban J connectivity index is 0.000000265. The fraction of sp³-hybridized carbons (Fsp3) is 0.250. The van der Waals surface area contributed by atoms with Crippen LogP contribution in [0.4, 0.5) is 0 Å². The van der Waals surface area contributed by atoms with Gasteiger partial charge in [0.1, 0.15) is 0 Å². The van der Waals surface area contributed by atoms with Crippen LogP contribution in [0, 0.1) is 20.8 Å². The standard InChI is InChI=1S/3C7H8O3S.C3H6O3/c3*1-6-2-4-7(5-3-6)11(8,9)10;1-4-2-6-3-5-1/h3*2-5H,1H3,(H,8,9,10);1-3H2. The van der Waals surface area contributed by atoms with E-state index in [4.69, 9.17) is 13.7 Å². The predicted molar refractivity (Wildman–Crippen MR) is 141 cm³/mol. The molecule has 1 aliphatic heterocycles. The molecule has 1 heterocycles.